The summed E-state index contributed by atoms with van der Waals surface area (Å²) >= 11 is 1.49. The van der Waals surface area contributed by atoms with Gasteiger partial charge in [0.25, 0.3) is 0 Å². The van der Waals surface area contributed by atoms with Crippen LogP contribution in [0.1, 0.15) is 65.3 Å². The number of nitrogens with one attached hydrogen (secondary N) is 1. The quantitative estimate of drug-likeness (QED) is 0.560. The molecule has 0 bridgehead atoms. The van der Waals surface area contributed by atoms with Crippen molar-refractivity contribution >= 4 is 17.7 Å². The molecule has 1 aliphatic carbocycles. The van der Waals surface area contributed by atoms with Crippen molar-refractivity contribution in [3.05, 3.63) is 24.3 Å². The van der Waals surface area contributed by atoms with Gasteiger partial charge in [-0.2, -0.15) is 0 Å². The molecule has 3 rings (SSSR count). The molecule has 1 aromatic heterocycles. The van der Waals surface area contributed by atoms with E-state index in [1.165, 1.54) is 31.0 Å². The van der Waals surface area contributed by atoms with E-state index < -0.39 is 0 Å². The lowest BCUT2D eigenvalue weighted by atomic mass is 9.85. The van der Waals surface area contributed by atoms with E-state index in [1.807, 2.05) is 24.3 Å². The molecule has 2 aromatic rings. The molecule has 1 aliphatic rings. The number of nitrogens with zero attached hydrogens (tertiary/aromatic N) is 3. The zero-order valence-corrected chi connectivity index (χ0v) is 19.4. The van der Waals surface area contributed by atoms with Gasteiger partial charge in [0.1, 0.15) is 5.75 Å². The smallest absolute Gasteiger partial charge is 0.230 e. The molecule has 30 heavy (non-hydrogen) atoms. The van der Waals surface area contributed by atoms with Crippen LogP contribution in [0.25, 0.3) is 11.4 Å². The highest BCUT2D eigenvalue weighted by Gasteiger charge is 2.29. The minimum absolute atomic E-state index is 0.0611. The molecule has 0 radical (unpaired) electrons. The molecular weight excluding hydrogens is 396 g/mol. The van der Waals surface area contributed by atoms with Crippen molar-refractivity contribution in [1.29, 1.82) is 0 Å². The molecule has 1 saturated carbocycles. The second kappa shape index (κ2) is 10.8. The van der Waals surface area contributed by atoms with E-state index in [1.54, 1.807) is 7.11 Å². The van der Waals surface area contributed by atoms with Gasteiger partial charge in [0.15, 0.2) is 11.0 Å². The SMILES string of the molecule is CCC(CC)NC(=O)CSc1nnc(-c2ccc(OC)cc2)n1[C@H]1CCCC[C@H]1C. The van der Waals surface area contributed by atoms with Gasteiger partial charge in [-0.05, 0) is 55.9 Å². The van der Waals surface area contributed by atoms with Crippen molar-refractivity contribution < 1.29 is 9.53 Å². The topological polar surface area (TPSA) is 69.0 Å². The summed E-state index contributed by atoms with van der Waals surface area (Å²) in [6.45, 7) is 6.52. The van der Waals surface area contributed by atoms with Gasteiger partial charge in [0.2, 0.25) is 5.91 Å². The van der Waals surface area contributed by atoms with E-state index in [0.717, 1.165) is 41.6 Å². The Hall–Kier alpha value is -2.02. The minimum Gasteiger partial charge on any atom is -0.497 e. The molecule has 0 saturated heterocycles. The summed E-state index contributed by atoms with van der Waals surface area (Å²) in [6, 6.07) is 8.56. The maximum absolute atomic E-state index is 12.4. The number of thioether (sulfide) groups is 1. The van der Waals surface area contributed by atoms with Crippen LogP contribution in [0.15, 0.2) is 29.4 Å². The highest BCUT2D eigenvalue weighted by molar-refractivity contribution is 7.99. The van der Waals surface area contributed by atoms with E-state index in [4.69, 9.17) is 4.74 Å². The number of methoxy groups -OCH3 is 1. The monoisotopic (exact) mass is 430 g/mol. The van der Waals surface area contributed by atoms with Crippen LogP contribution in [0.3, 0.4) is 0 Å². The number of hydrogen-bond donors (Lipinski definition) is 1. The minimum atomic E-state index is 0.0611. The van der Waals surface area contributed by atoms with Crippen molar-refractivity contribution in [1.82, 2.24) is 20.1 Å². The molecule has 0 aliphatic heterocycles. The summed E-state index contributed by atoms with van der Waals surface area (Å²) in [6.07, 6.45) is 6.72. The molecule has 2 atom stereocenters. The molecule has 6 nitrogen and oxygen atoms in total. The number of amides is 1. The first-order chi connectivity index (χ1) is 14.6. The number of carbonyl (C=O) groups is 1. The van der Waals surface area contributed by atoms with Crippen LogP contribution in [-0.2, 0) is 4.79 Å². The van der Waals surface area contributed by atoms with E-state index in [0.29, 0.717) is 17.7 Å². The van der Waals surface area contributed by atoms with Crippen LogP contribution < -0.4 is 10.1 Å². The maximum Gasteiger partial charge on any atom is 0.230 e. The first-order valence-electron chi connectivity index (χ1n) is 11.1. The number of carbonyl (C=O) groups excluding carboxylic acids is 1. The molecule has 0 spiro atoms. The van der Waals surface area contributed by atoms with Crippen LogP contribution in [0.2, 0.25) is 0 Å². The number of aromatic nitrogens is 3. The summed E-state index contributed by atoms with van der Waals surface area (Å²) in [5.74, 6) is 2.68. The summed E-state index contributed by atoms with van der Waals surface area (Å²) in [4.78, 5) is 12.4. The second-order valence-electron chi connectivity index (χ2n) is 8.10. The highest BCUT2D eigenvalue weighted by atomic mass is 32.2. The Morgan fingerprint density at radius 1 is 1.20 bits per heavy atom. The molecule has 164 valence electrons. The summed E-state index contributed by atoms with van der Waals surface area (Å²) in [7, 11) is 1.67. The standard InChI is InChI=1S/C23H34N4O2S/c1-5-18(6-2)24-21(28)15-30-23-26-25-22(17-11-13-19(29-4)14-12-17)27(23)20-10-8-7-9-16(20)3/h11-14,16,18,20H,5-10,15H2,1-4H3,(H,24,28)/t16-,20+/m1/s1. The fourth-order valence-electron chi connectivity index (χ4n) is 4.18. The van der Waals surface area contributed by atoms with Crippen molar-refractivity contribution in [3.63, 3.8) is 0 Å². The Morgan fingerprint density at radius 2 is 1.90 bits per heavy atom. The maximum atomic E-state index is 12.4. The Balaban J connectivity index is 1.85. The fraction of sp³-hybridized carbons (Fsp3) is 0.609. The number of rotatable bonds is 9. The van der Waals surface area contributed by atoms with E-state index in [-0.39, 0.29) is 11.9 Å². The van der Waals surface area contributed by atoms with Crippen LogP contribution in [0.5, 0.6) is 5.75 Å². The zero-order chi connectivity index (χ0) is 21.5. The van der Waals surface area contributed by atoms with Crippen molar-refractivity contribution in [3.8, 4) is 17.1 Å². The van der Waals surface area contributed by atoms with Gasteiger partial charge in [-0.25, -0.2) is 0 Å². The average molecular weight is 431 g/mol. The Kier molecular flexibility index (Phi) is 8.19. The molecule has 1 amide bonds. The predicted molar refractivity (Wildman–Crippen MR) is 122 cm³/mol. The van der Waals surface area contributed by atoms with Crippen molar-refractivity contribution in [2.24, 2.45) is 5.92 Å². The zero-order valence-electron chi connectivity index (χ0n) is 18.6. The molecule has 1 fully saturated rings. The third-order valence-corrected chi connectivity index (χ3v) is 7.04. The normalized spacial score (nSPS) is 19.1. The van der Waals surface area contributed by atoms with Gasteiger partial charge in [0.05, 0.1) is 12.9 Å². The lowest BCUT2D eigenvalue weighted by Crippen LogP contribution is -2.35. The molecule has 1 heterocycles. The Labute approximate surface area is 184 Å². The van der Waals surface area contributed by atoms with Gasteiger partial charge in [-0.1, -0.05) is 45.4 Å². The van der Waals surface area contributed by atoms with Crippen LogP contribution in [0, 0.1) is 5.92 Å². The van der Waals surface area contributed by atoms with Crippen molar-refractivity contribution in [2.45, 2.75) is 76.5 Å². The first-order valence-corrected chi connectivity index (χ1v) is 12.1. The second-order valence-corrected chi connectivity index (χ2v) is 9.05. The first kappa shape index (κ1) is 22.7. The van der Waals surface area contributed by atoms with Gasteiger partial charge in [-0.3, -0.25) is 9.36 Å². The van der Waals surface area contributed by atoms with Gasteiger partial charge < -0.3 is 10.1 Å². The van der Waals surface area contributed by atoms with E-state index >= 15 is 0 Å². The molecule has 1 aromatic carbocycles. The van der Waals surface area contributed by atoms with Crippen LogP contribution in [0.4, 0.5) is 0 Å². The molecular formula is C23H34N4O2S. The summed E-state index contributed by atoms with van der Waals surface area (Å²) in [5, 5.41) is 13.0. The summed E-state index contributed by atoms with van der Waals surface area (Å²) < 4.78 is 7.58. The third-order valence-electron chi connectivity index (χ3n) is 6.09. The Morgan fingerprint density at radius 3 is 2.53 bits per heavy atom. The largest absolute Gasteiger partial charge is 0.497 e. The molecule has 1 N–H and O–H groups in total. The summed E-state index contributed by atoms with van der Waals surface area (Å²) in [5.41, 5.74) is 1.02. The van der Waals surface area contributed by atoms with Crippen LogP contribution >= 0.6 is 11.8 Å². The predicted octanol–water partition coefficient (Wildman–Crippen LogP) is 5.10. The van der Waals surface area contributed by atoms with E-state index in [2.05, 4.69) is 40.9 Å². The van der Waals surface area contributed by atoms with Gasteiger partial charge in [-0.15, -0.1) is 10.2 Å². The highest BCUT2D eigenvalue weighted by Crippen LogP contribution is 2.39. The number of ether oxygens (including phenoxy) is 1. The number of benzene rings is 1. The third kappa shape index (κ3) is 5.36. The Bertz CT molecular complexity index is 817. The number of hydrogen-bond acceptors (Lipinski definition) is 5. The lowest BCUT2D eigenvalue weighted by Gasteiger charge is -2.31. The van der Waals surface area contributed by atoms with E-state index in [9.17, 15) is 4.79 Å². The van der Waals surface area contributed by atoms with Crippen molar-refractivity contribution in [2.75, 3.05) is 12.9 Å². The lowest BCUT2D eigenvalue weighted by molar-refractivity contribution is -0.119. The van der Waals surface area contributed by atoms with Crippen LogP contribution in [-0.4, -0.2) is 39.6 Å². The van der Waals surface area contributed by atoms with Gasteiger partial charge in [0, 0.05) is 17.6 Å². The average Bonchev–Trinajstić information content (AvgIpc) is 3.20. The fourth-order valence-corrected chi connectivity index (χ4v) is 4.99. The molecule has 0 unspecified atom stereocenters. The van der Waals surface area contributed by atoms with Gasteiger partial charge >= 0.3 is 0 Å². The molecule has 7 heteroatoms.